The summed E-state index contributed by atoms with van der Waals surface area (Å²) in [4.78, 5) is 21.1. The van der Waals surface area contributed by atoms with Crippen LogP contribution in [0.25, 0.3) is 11.0 Å². The minimum atomic E-state index is 0.305. The van der Waals surface area contributed by atoms with Crippen molar-refractivity contribution in [2.45, 2.75) is 31.7 Å². The summed E-state index contributed by atoms with van der Waals surface area (Å²) in [6.07, 6.45) is 4.99. The third kappa shape index (κ3) is 2.90. The van der Waals surface area contributed by atoms with Gasteiger partial charge in [0, 0.05) is 43.1 Å². The topological polar surface area (TPSA) is 54.3 Å². The van der Waals surface area contributed by atoms with Gasteiger partial charge in [0.05, 0.1) is 12.2 Å². The number of hydrogen-bond acceptors (Lipinski definition) is 4. The average Bonchev–Trinajstić information content (AvgIpc) is 3.20. The Balaban J connectivity index is 1.58. The maximum absolute atomic E-state index is 12.3. The highest BCUT2D eigenvalue weighted by molar-refractivity contribution is 5.82. The van der Waals surface area contributed by atoms with E-state index in [0.29, 0.717) is 17.7 Å². The highest BCUT2D eigenvalue weighted by Crippen LogP contribution is 2.36. The van der Waals surface area contributed by atoms with Crippen LogP contribution in [0.15, 0.2) is 18.3 Å². The predicted octanol–water partition coefficient (Wildman–Crippen LogP) is 1.72. The fourth-order valence-corrected chi connectivity index (χ4v) is 3.56. The summed E-state index contributed by atoms with van der Waals surface area (Å²) >= 11 is 0. The second-order valence-electron chi connectivity index (χ2n) is 7.33. The van der Waals surface area contributed by atoms with Crippen molar-refractivity contribution in [3.8, 4) is 0 Å². The highest BCUT2D eigenvalue weighted by atomic mass is 16.2. The zero-order valence-corrected chi connectivity index (χ0v) is 14.5. The first-order chi connectivity index (χ1) is 11.6. The van der Waals surface area contributed by atoms with Crippen molar-refractivity contribution in [1.82, 2.24) is 24.6 Å². The van der Waals surface area contributed by atoms with Crippen molar-refractivity contribution in [2.75, 3.05) is 33.7 Å². The molecule has 0 bridgehead atoms. The Morgan fingerprint density at radius 1 is 1.33 bits per heavy atom. The zero-order valence-electron chi connectivity index (χ0n) is 14.5. The van der Waals surface area contributed by atoms with Crippen LogP contribution in [0, 0.1) is 5.92 Å². The molecule has 2 aromatic heterocycles. The minimum absolute atomic E-state index is 0.305. The SMILES string of the molecule is CN(C)CCn1nc([C@H]2CCN(C(=O)C3CC3)C2)c2cccnc21. The second-order valence-corrected chi connectivity index (χ2v) is 7.33. The number of amides is 1. The number of nitrogens with zero attached hydrogens (tertiary/aromatic N) is 5. The molecular weight excluding hydrogens is 302 g/mol. The van der Waals surface area contributed by atoms with Gasteiger partial charge in [0.25, 0.3) is 0 Å². The number of fused-ring (bicyclic) bond motifs is 1. The van der Waals surface area contributed by atoms with Gasteiger partial charge in [0.1, 0.15) is 0 Å². The molecule has 24 heavy (non-hydrogen) atoms. The van der Waals surface area contributed by atoms with Gasteiger partial charge in [0.2, 0.25) is 5.91 Å². The van der Waals surface area contributed by atoms with Crippen LogP contribution in [0.1, 0.15) is 30.9 Å². The Labute approximate surface area is 142 Å². The Morgan fingerprint density at radius 2 is 2.17 bits per heavy atom. The molecule has 2 aliphatic rings. The van der Waals surface area contributed by atoms with Gasteiger partial charge in [0.15, 0.2) is 5.65 Å². The number of carbonyl (C=O) groups is 1. The molecular formula is C18H25N5O. The summed E-state index contributed by atoms with van der Waals surface area (Å²) in [5, 5.41) is 6.03. The first-order valence-electron chi connectivity index (χ1n) is 8.88. The molecule has 0 unspecified atom stereocenters. The largest absolute Gasteiger partial charge is 0.342 e. The Morgan fingerprint density at radius 3 is 2.92 bits per heavy atom. The van der Waals surface area contributed by atoms with E-state index in [1.807, 2.05) is 21.8 Å². The number of aromatic nitrogens is 3. The standard InChI is InChI=1S/C18H25N5O/c1-21(2)10-11-23-17-15(4-3-8-19-17)16(20-23)14-7-9-22(12-14)18(24)13-5-6-13/h3-4,8,13-14H,5-7,9-12H2,1-2H3/t14-/m0/s1. The van der Waals surface area contributed by atoms with Crippen LogP contribution in [0.3, 0.4) is 0 Å². The lowest BCUT2D eigenvalue weighted by Crippen LogP contribution is -2.29. The Hall–Kier alpha value is -1.95. The third-order valence-corrected chi connectivity index (χ3v) is 5.11. The molecule has 0 aromatic carbocycles. The molecule has 1 saturated carbocycles. The molecule has 1 atom stereocenters. The van der Waals surface area contributed by atoms with Gasteiger partial charge in [-0.25, -0.2) is 9.67 Å². The quantitative estimate of drug-likeness (QED) is 0.839. The van der Waals surface area contributed by atoms with E-state index in [4.69, 9.17) is 5.10 Å². The molecule has 0 spiro atoms. The molecule has 1 aliphatic carbocycles. The molecule has 3 heterocycles. The van der Waals surface area contributed by atoms with E-state index in [1.54, 1.807) is 0 Å². The van der Waals surface area contributed by atoms with Gasteiger partial charge in [-0.2, -0.15) is 5.10 Å². The van der Waals surface area contributed by atoms with Crippen LogP contribution in [0.4, 0.5) is 0 Å². The summed E-state index contributed by atoms with van der Waals surface area (Å²) in [7, 11) is 4.14. The maximum Gasteiger partial charge on any atom is 0.225 e. The van der Waals surface area contributed by atoms with Crippen LogP contribution < -0.4 is 0 Å². The highest BCUT2D eigenvalue weighted by Gasteiger charge is 2.37. The Kier molecular flexibility index (Phi) is 4.00. The van der Waals surface area contributed by atoms with Crippen molar-refractivity contribution in [1.29, 1.82) is 0 Å². The van der Waals surface area contributed by atoms with E-state index in [1.165, 1.54) is 0 Å². The third-order valence-electron chi connectivity index (χ3n) is 5.11. The average molecular weight is 327 g/mol. The maximum atomic E-state index is 12.3. The fraction of sp³-hybridized carbons (Fsp3) is 0.611. The van der Waals surface area contributed by atoms with Gasteiger partial charge in [-0.1, -0.05) is 0 Å². The van der Waals surface area contributed by atoms with E-state index in [9.17, 15) is 4.79 Å². The lowest BCUT2D eigenvalue weighted by molar-refractivity contribution is -0.131. The summed E-state index contributed by atoms with van der Waals surface area (Å²) < 4.78 is 2.02. The molecule has 6 nitrogen and oxygen atoms in total. The second kappa shape index (κ2) is 6.16. The van der Waals surface area contributed by atoms with Crippen LogP contribution in [0.2, 0.25) is 0 Å². The van der Waals surface area contributed by atoms with Crippen LogP contribution in [-0.2, 0) is 11.3 Å². The Bertz CT molecular complexity index is 749. The first kappa shape index (κ1) is 15.6. The van der Waals surface area contributed by atoms with E-state index >= 15 is 0 Å². The molecule has 0 N–H and O–H groups in total. The normalized spacial score (nSPS) is 21.1. The fourth-order valence-electron chi connectivity index (χ4n) is 3.56. The van der Waals surface area contributed by atoms with Crippen molar-refractivity contribution in [3.63, 3.8) is 0 Å². The number of likely N-dealkylation sites (N-methyl/N-ethyl adjacent to an activating group) is 1. The molecule has 2 aromatic rings. The van der Waals surface area contributed by atoms with Crippen LogP contribution in [0.5, 0.6) is 0 Å². The van der Waals surface area contributed by atoms with Gasteiger partial charge >= 0.3 is 0 Å². The van der Waals surface area contributed by atoms with E-state index in [-0.39, 0.29) is 0 Å². The summed E-state index contributed by atoms with van der Waals surface area (Å²) in [5.41, 5.74) is 2.07. The molecule has 0 radical (unpaired) electrons. The number of hydrogen-bond donors (Lipinski definition) is 0. The van der Waals surface area contributed by atoms with E-state index < -0.39 is 0 Å². The summed E-state index contributed by atoms with van der Waals surface area (Å²) in [5.74, 6) is 0.992. The molecule has 1 aliphatic heterocycles. The van der Waals surface area contributed by atoms with Gasteiger partial charge < -0.3 is 9.80 Å². The number of pyridine rings is 1. The lowest BCUT2D eigenvalue weighted by Gasteiger charge is -2.15. The van der Waals surface area contributed by atoms with E-state index in [0.717, 1.165) is 62.2 Å². The van der Waals surface area contributed by atoms with Gasteiger partial charge in [-0.05, 0) is 45.5 Å². The molecule has 1 saturated heterocycles. The van der Waals surface area contributed by atoms with Gasteiger partial charge in [-0.3, -0.25) is 4.79 Å². The minimum Gasteiger partial charge on any atom is -0.342 e. The van der Waals surface area contributed by atoms with Crippen molar-refractivity contribution in [3.05, 3.63) is 24.0 Å². The smallest absolute Gasteiger partial charge is 0.225 e. The van der Waals surface area contributed by atoms with Crippen LogP contribution >= 0.6 is 0 Å². The number of rotatable bonds is 5. The zero-order chi connectivity index (χ0) is 16.7. The molecule has 6 heteroatoms. The van der Waals surface area contributed by atoms with Crippen molar-refractivity contribution < 1.29 is 4.79 Å². The number of likely N-dealkylation sites (tertiary alicyclic amines) is 1. The molecule has 1 amide bonds. The monoisotopic (exact) mass is 327 g/mol. The number of carbonyl (C=O) groups excluding carboxylic acids is 1. The summed E-state index contributed by atoms with van der Waals surface area (Å²) in [6.45, 7) is 3.44. The summed E-state index contributed by atoms with van der Waals surface area (Å²) in [6, 6.07) is 4.09. The molecule has 4 rings (SSSR count). The van der Waals surface area contributed by atoms with Gasteiger partial charge in [-0.15, -0.1) is 0 Å². The lowest BCUT2D eigenvalue weighted by atomic mass is 10.0. The van der Waals surface area contributed by atoms with Crippen LogP contribution in [-0.4, -0.2) is 64.2 Å². The van der Waals surface area contributed by atoms with E-state index in [2.05, 4.69) is 30.0 Å². The molecule has 128 valence electrons. The first-order valence-corrected chi connectivity index (χ1v) is 8.88. The van der Waals surface area contributed by atoms with Crippen molar-refractivity contribution in [2.24, 2.45) is 5.92 Å². The predicted molar refractivity (Wildman–Crippen MR) is 92.7 cm³/mol. The van der Waals surface area contributed by atoms with Crippen molar-refractivity contribution >= 4 is 16.9 Å². The molecule has 2 fully saturated rings.